The van der Waals surface area contributed by atoms with Crippen LogP contribution in [-0.4, -0.2) is 15.0 Å². The lowest BCUT2D eigenvalue weighted by atomic mass is 10.3. The number of hydrogen-bond donors (Lipinski definition) is 1. The van der Waals surface area contributed by atoms with Gasteiger partial charge in [-0.2, -0.15) is 0 Å². The van der Waals surface area contributed by atoms with Crippen molar-refractivity contribution in [3.8, 4) is 11.5 Å². The van der Waals surface area contributed by atoms with E-state index in [1.165, 1.54) is 0 Å². The Morgan fingerprint density at radius 1 is 1.40 bits per heavy atom. The maximum atomic E-state index is 5.75. The normalized spacial score (nSPS) is 10.3. The van der Waals surface area contributed by atoms with Crippen molar-refractivity contribution in [2.45, 2.75) is 6.92 Å². The summed E-state index contributed by atoms with van der Waals surface area (Å²) >= 11 is 10.8. The number of aryl methyl sites for hydroxylation is 1. The Morgan fingerprint density at radius 3 is 2.80 bits per heavy atom. The van der Waals surface area contributed by atoms with Gasteiger partial charge in [0, 0.05) is 11.9 Å². The summed E-state index contributed by atoms with van der Waals surface area (Å²) < 4.78 is 0.554. The molecule has 3 nitrogen and oxygen atoms in total. The highest BCUT2D eigenvalue weighted by atomic mass is 35.5. The molecular weight excluding hydrogens is 230 g/mol. The van der Waals surface area contributed by atoms with Gasteiger partial charge in [-0.15, -0.1) is 0 Å². The lowest BCUT2D eigenvalue weighted by Gasteiger charge is -2.01. The molecule has 76 valence electrons. The molecule has 0 aliphatic carbocycles. The van der Waals surface area contributed by atoms with Gasteiger partial charge in [0.05, 0.1) is 5.02 Å². The SMILES string of the molecule is Cc1cc(=S)nc(-c2ccc(Cl)cn2)[nH]1. The Labute approximate surface area is 97.2 Å². The van der Waals surface area contributed by atoms with E-state index in [9.17, 15) is 0 Å². The second-order valence-electron chi connectivity index (χ2n) is 3.11. The molecule has 0 spiro atoms. The Kier molecular flexibility index (Phi) is 2.79. The molecule has 0 aromatic carbocycles. The monoisotopic (exact) mass is 237 g/mol. The topological polar surface area (TPSA) is 41.6 Å². The smallest absolute Gasteiger partial charge is 0.157 e. The van der Waals surface area contributed by atoms with Crippen LogP contribution in [0.2, 0.25) is 5.02 Å². The van der Waals surface area contributed by atoms with Crippen molar-refractivity contribution < 1.29 is 0 Å². The van der Waals surface area contributed by atoms with Crippen LogP contribution in [-0.2, 0) is 0 Å². The van der Waals surface area contributed by atoms with Crippen LogP contribution in [0, 0.1) is 11.6 Å². The first-order valence-corrected chi connectivity index (χ1v) is 5.14. The molecule has 0 fully saturated rings. The molecule has 2 aromatic heterocycles. The lowest BCUT2D eigenvalue weighted by molar-refractivity contribution is 1.08. The van der Waals surface area contributed by atoms with Crippen LogP contribution < -0.4 is 0 Å². The van der Waals surface area contributed by atoms with Gasteiger partial charge in [0.15, 0.2) is 5.82 Å². The third kappa shape index (κ3) is 2.40. The standard InChI is InChI=1S/C10H8ClN3S/c1-6-4-9(15)14-10(13-6)8-3-2-7(11)5-12-8/h2-5H,1H3,(H,13,14,15). The van der Waals surface area contributed by atoms with Crippen LogP contribution >= 0.6 is 23.8 Å². The van der Waals surface area contributed by atoms with Crippen molar-refractivity contribution in [1.82, 2.24) is 15.0 Å². The van der Waals surface area contributed by atoms with E-state index >= 15 is 0 Å². The third-order valence-electron chi connectivity index (χ3n) is 1.85. The molecule has 0 saturated carbocycles. The second kappa shape index (κ2) is 4.08. The van der Waals surface area contributed by atoms with Crippen LogP contribution in [0.3, 0.4) is 0 Å². The van der Waals surface area contributed by atoms with E-state index < -0.39 is 0 Å². The minimum absolute atomic E-state index is 0.554. The molecule has 0 aliphatic heterocycles. The fourth-order valence-corrected chi connectivity index (χ4v) is 1.60. The number of rotatable bonds is 1. The number of aromatic amines is 1. The van der Waals surface area contributed by atoms with Gasteiger partial charge in [0.2, 0.25) is 0 Å². The van der Waals surface area contributed by atoms with E-state index in [0.29, 0.717) is 15.5 Å². The summed E-state index contributed by atoms with van der Waals surface area (Å²) in [6.45, 7) is 1.93. The summed E-state index contributed by atoms with van der Waals surface area (Å²) in [6.07, 6.45) is 1.58. The summed E-state index contributed by atoms with van der Waals surface area (Å²) in [4.78, 5) is 11.4. The van der Waals surface area contributed by atoms with Crippen molar-refractivity contribution in [3.63, 3.8) is 0 Å². The van der Waals surface area contributed by atoms with Gasteiger partial charge in [-0.1, -0.05) is 23.8 Å². The molecule has 0 atom stereocenters. The van der Waals surface area contributed by atoms with Gasteiger partial charge in [0.1, 0.15) is 10.3 Å². The zero-order valence-electron chi connectivity index (χ0n) is 7.99. The largest absolute Gasteiger partial charge is 0.342 e. The quantitative estimate of drug-likeness (QED) is 0.775. The van der Waals surface area contributed by atoms with E-state index in [-0.39, 0.29) is 0 Å². The number of H-pyrrole nitrogens is 1. The molecule has 2 aromatic rings. The maximum absolute atomic E-state index is 5.75. The van der Waals surface area contributed by atoms with E-state index in [4.69, 9.17) is 23.8 Å². The van der Waals surface area contributed by atoms with Crippen molar-refractivity contribution in [2.24, 2.45) is 0 Å². The molecule has 0 unspecified atom stereocenters. The molecule has 2 rings (SSSR count). The van der Waals surface area contributed by atoms with Crippen molar-refractivity contribution in [2.75, 3.05) is 0 Å². The van der Waals surface area contributed by atoms with Gasteiger partial charge in [-0.05, 0) is 25.1 Å². The highest BCUT2D eigenvalue weighted by Crippen LogP contribution is 2.14. The predicted octanol–water partition coefficient (Wildman–Crippen LogP) is 3.16. The molecule has 0 radical (unpaired) electrons. The van der Waals surface area contributed by atoms with Crippen LogP contribution in [0.15, 0.2) is 24.4 Å². The Morgan fingerprint density at radius 2 is 2.20 bits per heavy atom. The predicted molar refractivity (Wildman–Crippen MR) is 62.4 cm³/mol. The average Bonchev–Trinajstić information content (AvgIpc) is 2.17. The lowest BCUT2D eigenvalue weighted by Crippen LogP contribution is -1.93. The molecule has 5 heteroatoms. The maximum Gasteiger partial charge on any atom is 0.157 e. The molecule has 0 aliphatic rings. The zero-order valence-corrected chi connectivity index (χ0v) is 9.56. The molecule has 0 bridgehead atoms. The van der Waals surface area contributed by atoms with Crippen LogP contribution in [0.4, 0.5) is 0 Å². The number of halogens is 1. The summed E-state index contributed by atoms with van der Waals surface area (Å²) in [5.41, 5.74) is 1.69. The summed E-state index contributed by atoms with van der Waals surface area (Å²) in [5, 5.41) is 0.602. The Balaban J connectivity index is 2.54. The molecule has 2 heterocycles. The fraction of sp³-hybridized carbons (Fsp3) is 0.100. The van der Waals surface area contributed by atoms with Crippen molar-refractivity contribution in [1.29, 1.82) is 0 Å². The third-order valence-corrected chi connectivity index (χ3v) is 2.28. The van der Waals surface area contributed by atoms with Crippen molar-refractivity contribution in [3.05, 3.63) is 39.8 Å². The van der Waals surface area contributed by atoms with Crippen LogP contribution in [0.5, 0.6) is 0 Å². The molecule has 15 heavy (non-hydrogen) atoms. The number of hydrogen-bond acceptors (Lipinski definition) is 3. The fourth-order valence-electron chi connectivity index (χ4n) is 1.22. The zero-order chi connectivity index (χ0) is 10.8. The number of nitrogens with one attached hydrogen (secondary N) is 1. The second-order valence-corrected chi connectivity index (χ2v) is 3.97. The highest BCUT2D eigenvalue weighted by molar-refractivity contribution is 7.71. The minimum Gasteiger partial charge on any atom is -0.342 e. The average molecular weight is 238 g/mol. The minimum atomic E-state index is 0.554. The van der Waals surface area contributed by atoms with E-state index in [1.807, 2.05) is 6.92 Å². The van der Waals surface area contributed by atoms with Crippen molar-refractivity contribution >= 4 is 23.8 Å². The van der Waals surface area contributed by atoms with Gasteiger partial charge in [-0.25, -0.2) is 4.98 Å². The van der Waals surface area contributed by atoms with E-state index in [0.717, 1.165) is 11.4 Å². The van der Waals surface area contributed by atoms with Gasteiger partial charge >= 0.3 is 0 Å². The highest BCUT2D eigenvalue weighted by Gasteiger charge is 2.01. The Hall–Kier alpha value is -1.26. The molecule has 0 saturated heterocycles. The summed E-state index contributed by atoms with van der Waals surface area (Å²) in [6, 6.07) is 5.37. The number of nitrogens with zero attached hydrogens (tertiary/aromatic N) is 2. The molecular formula is C10H8ClN3S. The van der Waals surface area contributed by atoms with Gasteiger partial charge < -0.3 is 4.98 Å². The van der Waals surface area contributed by atoms with E-state index in [2.05, 4.69) is 15.0 Å². The van der Waals surface area contributed by atoms with Crippen LogP contribution in [0.25, 0.3) is 11.5 Å². The molecule has 1 N–H and O–H groups in total. The first kappa shape index (κ1) is 10.3. The van der Waals surface area contributed by atoms with E-state index in [1.54, 1.807) is 24.4 Å². The van der Waals surface area contributed by atoms with Crippen LogP contribution in [0.1, 0.15) is 5.69 Å². The summed E-state index contributed by atoms with van der Waals surface area (Å²) in [5.74, 6) is 0.664. The number of aromatic nitrogens is 3. The van der Waals surface area contributed by atoms with Gasteiger partial charge in [-0.3, -0.25) is 4.98 Å². The first-order valence-electron chi connectivity index (χ1n) is 4.35. The summed E-state index contributed by atoms with van der Waals surface area (Å²) in [7, 11) is 0. The first-order chi connectivity index (χ1) is 7.15. The van der Waals surface area contributed by atoms with Gasteiger partial charge in [0.25, 0.3) is 0 Å². The Bertz CT molecular complexity index is 533. The number of pyridine rings is 1. The molecule has 0 amide bonds.